The predicted octanol–water partition coefficient (Wildman–Crippen LogP) is 0.777. The van der Waals surface area contributed by atoms with Crippen LogP contribution < -0.4 is 0 Å². The van der Waals surface area contributed by atoms with Gasteiger partial charge in [-0.1, -0.05) is 0 Å². The van der Waals surface area contributed by atoms with Gasteiger partial charge >= 0.3 is 5.37 Å². The third kappa shape index (κ3) is 1.69. The van der Waals surface area contributed by atoms with Crippen molar-refractivity contribution in [3.63, 3.8) is 0 Å². The fraction of sp³-hybridized carbons (Fsp3) is 0.200. The Morgan fingerprint density at radius 3 is 2.75 bits per heavy atom. The van der Waals surface area contributed by atoms with Crippen LogP contribution in [0.25, 0.3) is 0 Å². The molecule has 2 atom stereocenters. The van der Waals surface area contributed by atoms with E-state index in [2.05, 4.69) is 4.42 Å². The second-order valence-electron chi connectivity index (χ2n) is 1.93. The van der Waals surface area contributed by atoms with E-state index in [1.54, 1.807) is 0 Å². The lowest BCUT2D eigenvalue weighted by Crippen LogP contribution is -2.14. The summed E-state index contributed by atoms with van der Waals surface area (Å²) in [4.78, 5) is 9.37. The van der Waals surface area contributed by atoms with Gasteiger partial charge in [-0.2, -0.15) is 0 Å². The van der Waals surface area contributed by atoms with Crippen LogP contribution in [0.1, 0.15) is 11.1 Å². The molecule has 2 unspecified atom stereocenters. The van der Waals surface area contributed by atoms with Gasteiger partial charge in [0.25, 0.3) is 0 Å². The van der Waals surface area contributed by atoms with E-state index in [4.69, 9.17) is 4.55 Å². The molecule has 66 valence electrons. The average Bonchev–Trinajstić information content (AvgIpc) is 2.37. The molecule has 1 aromatic heterocycles. The molecule has 0 saturated carbocycles. The molecule has 0 fully saturated rings. The van der Waals surface area contributed by atoms with Crippen molar-refractivity contribution in [2.75, 3.05) is 0 Å². The zero-order chi connectivity index (χ0) is 9.14. The van der Waals surface area contributed by atoms with E-state index in [9.17, 15) is 14.3 Å². The summed E-state index contributed by atoms with van der Waals surface area (Å²) in [5.74, 6) is -0.124. The van der Waals surface area contributed by atoms with Gasteiger partial charge in [-0.15, -0.1) is 0 Å². The van der Waals surface area contributed by atoms with Crippen LogP contribution in [0.4, 0.5) is 0 Å². The van der Waals surface area contributed by atoms with E-state index >= 15 is 0 Å². The zero-order valence-electron chi connectivity index (χ0n) is 5.75. The molecule has 0 spiro atoms. The smallest absolute Gasteiger partial charge is 0.366 e. The normalized spacial score (nSPS) is 15.4. The van der Waals surface area contributed by atoms with Crippen molar-refractivity contribution < 1.29 is 18.1 Å². The number of rotatable bonds is 3. The van der Waals surface area contributed by atoms with Gasteiger partial charge in [0.1, 0.15) is 0 Å². The molecule has 0 aliphatic carbocycles. The third-order valence-electron chi connectivity index (χ3n) is 1.17. The molecule has 0 aliphatic rings. The van der Waals surface area contributed by atoms with E-state index in [0.29, 0.717) is 0 Å². The predicted molar refractivity (Wildman–Crippen MR) is 39.2 cm³/mol. The number of nitrogens with zero attached hydrogens (tertiary/aromatic N) is 1. The van der Waals surface area contributed by atoms with E-state index in [1.807, 2.05) is 0 Å². The summed E-state index contributed by atoms with van der Waals surface area (Å²) in [5.41, 5.74) is 0. The van der Waals surface area contributed by atoms with Crippen LogP contribution in [0, 0.1) is 10.1 Å². The highest BCUT2D eigenvalue weighted by atomic mass is 32.2. The van der Waals surface area contributed by atoms with Crippen LogP contribution in [0.5, 0.6) is 0 Å². The van der Waals surface area contributed by atoms with Crippen LogP contribution >= 0.6 is 0 Å². The lowest BCUT2D eigenvalue weighted by atomic mass is 10.4. The minimum Gasteiger partial charge on any atom is -0.461 e. The highest BCUT2D eigenvalue weighted by molar-refractivity contribution is 7.79. The fourth-order valence-electron chi connectivity index (χ4n) is 0.709. The summed E-state index contributed by atoms with van der Waals surface area (Å²) in [6, 6.07) is 2.69. The van der Waals surface area contributed by atoms with Gasteiger partial charge in [-0.3, -0.25) is 10.1 Å². The van der Waals surface area contributed by atoms with E-state index in [-0.39, 0.29) is 5.76 Å². The quantitative estimate of drug-likeness (QED) is 0.432. The summed E-state index contributed by atoms with van der Waals surface area (Å²) in [6.45, 7) is 0. The lowest BCUT2D eigenvalue weighted by Gasteiger charge is -1.99. The molecule has 1 rings (SSSR count). The van der Waals surface area contributed by atoms with E-state index < -0.39 is 21.4 Å². The number of furan rings is 1. The molecule has 0 bridgehead atoms. The van der Waals surface area contributed by atoms with E-state index in [0.717, 1.165) is 0 Å². The molecule has 1 aromatic rings. The van der Waals surface area contributed by atoms with Gasteiger partial charge in [-0.25, -0.2) is 4.21 Å². The molecule has 6 nitrogen and oxygen atoms in total. The van der Waals surface area contributed by atoms with Crippen molar-refractivity contribution in [1.82, 2.24) is 0 Å². The molecule has 0 amide bonds. The molecule has 12 heavy (non-hydrogen) atoms. The molecule has 1 heterocycles. The minimum atomic E-state index is -2.56. The molecule has 0 aliphatic heterocycles. The van der Waals surface area contributed by atoms with E-state index in [1.165, 1.54) is 18.4 Å². The lowest BCUT2D eigenvalue weighted by molar-refractivity contribution is -0.505. The third-order valence-corrected chi connectivity index (χ3v) is 1.96. The maximum Gasteiger partial charge on any atom is 0.366 e. The summed E-state index contributed by atoms with van der Waals surface area (Å²) >= 11 is -2.56. The van der Waals surface area contributed by atoms with Crippen molar-refractivity contribution in [2.24, 2.45) is 0 Å². The van der Waals surface area contributed by atoms with Crippen molar-refractivity contribution in [3.05, 3.63) is 34.3 Å². The molecule has 0 radical (unpaired) electrons. The minimum absolute atomic E-state index is 0.124. The maximum atomic E-state index is 10.4. The maximum absolute atomic E-state index is 10.4. The summed E-state index contributed by atoms with van der Waals surface area (Å²) in [5, 5.41) is 8.54. The number of hydrogen-bond acceptors (Lipinski definition) is 4. The van der Waals surface area contributed by atoms with Crippen molar-refractivity contribution in [1.29, 1.82) is 0 Å². The fourth-order valence-corrected chi connectivity index (χ4v) is 1.19. The summed E-state index contributed by atoms with van der Waals surface area (Å²) in [6.07, 6.45) is 1.21. The first-order chi connectivity index (χ1) is 5.63. The largest absolute Gasteiger partial charge is 0.461 e. The van der Waals surface area contributed by atoms with Crippen molar-refractivity contribution in [3.8, 4) is 0 Å². The second kappa shape index (κ2) is 3.46. The molecular formula is C5H5NO5S. The van der Waals surface area contributed by atoms with Gasteiger partial charge in [0.15, 0.2) is 5.76 Å². The molecule has 1 N–H and O–H groups in total. The Kier molecular flexibility index (Phi) is 2.56. The SMILES string of the molecule is O=[N+]([O-])C(c1ccco1)S(=O)O. The average molecular weight is 191 g/mol. The van der Waals surface area contributed by atoms with Crippen LogP contribution in [0.2, 0.25) is 0 Å². The zero-order valence-corrected chi connectivity index (χ0v) is 6.56. The Morgan fingerprint density at radius 2 is 2.42 bits per heavy atom. The Bertz CT molecular complexity index is 281. The number of nitro groups is 1. The Balaban J connectivity index is 2.96. The van der Waals surface area contributed by atoms with Gasteiger partial charge in [0.05, 0.1) is 6.26 Å². The van der Waals surface area contributed by atoms with Crippen LogP contribution in [-0.2, 0) is 11.1 Å². The number of hydrogen-bond donors (Lipinski definition) is 1. The molecule has 0 aromatic carbocycles. The monoisotopic (exact) mass is 191 g/mol. The van der Waals surface area contributed by atoms with Crippen molar-refractivity contribution in [2.45, 2.75) is 5.37 Å². The molecule has 0 saturated heterocycles. The van der Waals surface area contributed by atoms with Crippen LogP contribution in [-0.4, -0.2) is 13.7 Å². The van der Waals surface area contributed by atoms with Crippen LogP contribution in [0.15, 0.2) is 22.8 Å². The molecular weight excluding hydrogens is 186 g/mol. The second-order valence-corrected chi connectivity index (χ2v) is 2.93. The highest BCUT2D eigenvalue weighted by Crippen LogP contribution is 2.19. The summed E-state index contributed by atoms with van der Waals surface area (Å²) in [7, 11) is 0. The Hall–Kier alpha value is -1.21. The Labute approximate surface area is 69.6 Å². The topological polar surface area (TPSA) is 93.6 Å². The first kappa shape index (κ1) is 8.88. The van der Waals surface area contributed by atoms with Gasteiger partial charge in [-0.05, 0) is 12.1 Å². The summed E-state index contributed by atoms with van der Waals surface area (Å²) < 4.78 is 23.6. The first-order valence-electron chi connectivity index (χ1n) is 2.89. The van der Waals surface area contributed by atoms with Crippen molar-refractivity contribution >= 4 is 11.1 Å². The van der Waals surface area contributed by atoms with Gasteiger partial charge in [0, 0.05) is 4.92 Å². The molecule has 7 heteroatoms. The first-order valence-corrected chi connectivity index (χ1v) is 4.06. The highest BCUT2D eigenvalue weighted by Gasteiger charge is 2.32. The standard InChI is InChI=1S/C5H5NO5S/c7-6(8)5(12(9)10)4-2-1-3-11-4/h1-3,5H,(H,9,10). The Morgan fingerprint density at radius 1 is 1.75 bits per heavy atom. The van der Waals surface area contributed by atoms with Gasteiger partial charge in [0.2, 0.25) is 11.1 Å². The van der Waals surface area contributed by atoms with Crippen LogP contribution in [0.3, 0.4) is 0 Å². The van der Waals surface area contributed by atoms with Gasteiger partial charge < -0.3 is 8.97 Å².